The number of hydrogen-bond acceptors (Lipinski definition) is 13. The molecule has 10 atom stereocenters. The third-order valence-electron chi connectivity index (χ3n) is 9.37. The van der Waals surface area contributed by atoms with Gasteiger partial charge in [0.2, 0.25) is 0 Å². The number of thioether (sulfide) groups is 1. The van der Waals surface area contributed by atoms with Crippen LogP contribution in [0.5, 0.6) is 11.5 Å². The van der Waals surface area contributed by atoms with Gasteiger partial charge in [-0.1, -0.05) is 18.2 Å². The molecule has 1 aromatic carbocycles. The Bertz CT molecular complexity index is 1400. The lowest BCUT2D eigenvalue weighted by atomic mass is 9.53. The Morgan fingerprint density at radius 2 is 1.66 bits per heavy atom. The molecule has 44 heavy (non-hydrogen) atoms. The highest BCUT2D eigenvalue weighted by molar-refractivity contribution is 8.00. The quantitative estimate of drug-likeness (QED) is 0.266. The van der Waals surface area contributed by atoms with Gasteiger partial charge >= 0.3 is 23.9 Å². The Balaban J connectivity index is 1.38. The van der Waals surface area contributed by atoms with Crippen molar-refractivity contribution >= 4 is 35.6 Å². The van der Waals surface area contributed by atoms with Gasteiger partial charge in [-0.3, -0.25) is 19.2 Å². The number of ether oxygens (including phenoxy) is 6. The second-order valence-electron chi connectivity index (χ2n) is 12.1. The number of carbonyl (C=O) groups is 4. The van der Waals surface area contributed by atoms with E-state index in [9.17, 15) is 24.3 Å². The van der Waals surface area contributed by atoms with Crippen LogP contribution in [0.3, 0.4) is 0 Å². The summed E-state index contributed by atoms with van der Waals surface area (Å²) >= 11 is 1.33. The number of phenols is 1. The molecule has 5 aliphatic rings. The maximum Gasteiger partial charge on any atom is 0.303 e. The largest absolute Gasteiger partial charge is 0.504 e. The van der Waals surface area contributed by atoms with Crippen molar-refractivity contribution in [3.63, 3.8) is 0 Å². The second-order valence-corrected chi connectivity index (χ2v) is 13.4. The fourth-order valence-electron chi connectivity index (χ4n) is 7.79. The highest BCUT2D eigenvalue weighted by Crippen LogP contribution is 2.63. The van der Waals surface area contributed by atoms with E-state index in [1.54, 1.807) is 6.07 Å². The minimum atomic E-state index is -1.25. The standard InChI is InChI=1S/C31H37NO11S/c1-14(33)38-13-22-26(39-15(2)34)27(40-16(3)35)28(41-17(4)36)30(42-22)44-23-9-7-19-20-12-18-6-8-21(37)25-24(18)31(19,29(23)43-25)10-11-32(20)5/h6-9,19-20,22-23,26-30,37H,10-13H2,1-5H3/t19?,20-,22-,23?,26-,27+,28-,29+,30+,31+/m1/s1. The van der Waals surface area contributed by atoms with E-state index in [1.807, 2.05) is 6.07 Å². The number of benzene rings is 1. The van der Waals surface area contributed by atoms with Crippen LogP contribution < -0.4 is 4.74 Å². The summed E-state index contributed by atoms with van der Waals surface area (Å²) in [5, 5.41) is 10.6. The average Bonchev–Trinajstić information content (AvgIpc) is 3.30. The molecule has 0 aromatic heterocycles. The van der Waals surface area contributed by atoms with Crippen LogP contribution in [0, 0.1) is 5.92 Å². The highest BCUT2D eigenvalue weighted by Gasteiger charge is 2.65. The maximum atomic E-state index is 12.4. The molecule has 2 fully saturated rings. The fourth-order valence-corrected chi connectivity index (χ4v) is 9.29. The molecular formula is C31H37NO11S. The minimum Gasteiger partial charge on any atom is -0.504 e. The van der Waals surface area contributed by atoms with Crippen LogP contribution in [0.15, 0.2) is 24.3 Å². The number of likely N-dealkylation sites (N-methyl/N-ethyl adjacent to an activating group) is 1. The van der Waals surface area contributed by atoms with E-state index in [1.165, 1.54) is 45.0 Å². The van der Waals surface area contributed by atoms with E-state index in [0.717, 1.165) is 24.9 Å². The van der Waals surface area contributed by atoms with Crippen molar-refractivity contribution < 1.29 is 52.7 Å². The van der Waals surface area contributed by atoms with Gasteiger partial charge in [-0.15, -0.1) is 11.8 Å². The Kier molecular flexibility index (Phi) is 8.08. The summed E-state index contributed by atoms with van der Waals surface area (Å²) in [5.74, 6) is -1.82. The summed E-state index contributed by atoms with van der Waals surface area (Å²) in [6.45, 7) is 5.42. The number of piperidine rings is 1. The van der Waals surface area contributed by atoms with Crippen molar-refractivity contribution in [1.82, 2.24) is 4.90 Å². The van der Waals surface area contributed by atoms with Crippen molar-refractivity contribution in [3.05, 3.63) is 35.4 Å². The lowest BCUT2D eigenvalue weighted by Gasteiger charge is -2.57. The lowest BCUT2D eigenvalue weighted by Crippen LogP contribution is -2.65. The molecule has 0 radical (unpaired) electrons. The highest BCUT2D eigenvalue weighted by atomic mass is 32.2. The Labute approximate surface area is 259 Å². The number of rotatable bonds is 7. The molecule has 13 heteroatoms. The van der Waals surface area contributed by atoms with Crippen LogP contribution in [-0.4, -0.2) is 101 Å². The number of carbonyl (C=O) groups excluding carboxylic acids is 4. The first kappa shape index (κ1) is 30.7. The third-order valence-corrected chi connectivity index (χ3v) is 10.7. The zero-order chi connectivity index (χ0) is 31.5. The van der Waals surface area contributed by atoms with Crippen LogP contribution in [0.25, 0.3) is 0 Å². The predicted molar refractivity (Wildman–Crippen MR) is 155 cm³/mol. The monoisotopic (exact) mass is 631 g/mol. The molecule has 1 aromatic rings. The summed E-state index contributed by atoms with van der Waals surface area (Å²) in [6, 6.07) is 3.95. The van der Waals surface area contributed by atoms with Gasteiger partial charge in [-0.2, -0.15) is 0 Å². The van der Waals surface area contributed by atoms with E-state index >= 15 is 0 Å². The van der Waals surface area contributed by atoms with Gasteiger partial charge < -0.3 is 38.4 Å². The summed E-state index contributed by atoms with van der Waals surface area (Å²) < 4.78 is 35.2. The molecule has 3 heterocycles. The van der Waals surface area contributed by atoms with Gasteiger partial charge in [0, 0.05) is 50.6 Å². The molecule has 3 aliphatic heterocycles. The van der Waals surface area contributed by atoms with E-state index in [2.05, 4.69) is 24.1 Å². The van der Waals surface area contributed by atoms with Crippen molar-refractivity contribution in [2.24, 2.45) is 5.92 Å². The fraction of sp³-hybridized carbons (Fsp3) is 0.613. The normalized spacial score (nSPS) is 36.4. The van der Waals surface area contributed by atoms with E-state index in [0.29, 0.717) is 5.75 Å². The molecule has 6 rings (SSSR count). The van der Waals surface area contributed by atoms with Crippen LogP contribution in [0.2, 0.25) is 0 Å². The molecule has 2 aliphatic carbocycles. The zero-order valence-corrected chi connectivity index (χ0v) is 26.0. The van der Waals surface area contributed by atoms with Gasteiger partial charge in [-0.05, 0) is 38.1 Å². The third kappa shape index (κ3) is 5.12. The summed E-state index contributed by atoms with van der Waals surface area (Å²) in [5.41, 5.74) is 0.904. The van der Waals surface area contributed by atoms with Crippen molar-refractivity contribution in [3.8, 4) is 11.5 Å². The first-order chi connectivity index (χ1) is 20.9. The Morgan fingerprint density at radius 3 is 2.34 bits per heavy atom. The van der Waals surface area contributed by atoms with Crippen LogP contribution in [-0.2, 0) is 54.7 Å². The maximum absolute atomic E-state index is 12.4. The number of phenolic OH excluding ortho intramolecular Hbond substituents is 1. The van der Waals surface area contributed by atoms with Crippen molar-refractivity contribution in [2.75, 3.05) is 20.2 Å². The molecular weight excluding hydrogens is 594 g/mol. The molecule has 1 N–H and O–H groups in total. The molecule has 2 unspecified atom stereocenters. The summed E-state index contributed by atoms with van der Waals surface area (Å²) in [7, 11) is 2.14. The predicted octanol–water partition coefficient (Wildman–Crippen LogP) is 2.02. The number of aromatic hydroxyl groups is 1. The first-order valence-electron chi connectivity index (χ1n) is 14.8. The first-order valence-corrected chi connectivity index (χ1v) is 15.7. The smallest absolute Gasteiger partial charge is 0.303 e. The van der Waals surface area contributed by atoms with Gasteiger partial charge in [0.05, 0.1) is 5.25 Å². The number of nitrogens with zero attached hydrogens (tertiary/aromatic N) is 1. The number of hydrogen-bond donors (Lipinski definition) is 1. The topological polar surface area (TPSA) is 147 Å². The summed E-state index contributed by atoms with van der Waals surface area (Å²) in [4.78, 5) is 50.9. The van der Waals surface area contributed by atoms with Gasteiger partial charge in [-0.25, -0.2) is 0 Å². The average molecular weight is 632 g/mol. The summed E-state index contributed by atoms with van der Waals surface area (Å²) in [6.07, 6.45) is 0.918. The van der Waals surface area contributed by atoms with Crippen LogP contribution >= 0.6 is 11.8 Å². The SMILES string of the molecule is CC(=O)OC[C@H]1O[C@@H](SC2C=CC3[C@H]4Cc5ccc(O)c6c5[C@@]3(CCN4C)[C@H]2O6)[C@H](OC(C)=O)[C@@H](OC(C)=O)[C@@H]1OC(C)=O. The lowest BCUT2D eigenvalue weighted by molar-refractivity contribution is -0.237. The van der Waals surface area contributed by atoms with Crippen LogP contribution in [0.4, 0.5) is 0 Å². The van der Waals surface area contributed by atoms with Gasteiger partial charge in [0.1, 0.15) is 24.3 Å². The van der Waals surface area contributed by atoms with Crippen molar-refractivity contribution in [1.29, 1.82) is 0 Å². The van der Waals surface area contributed by atoms with E-state index in [4.69, 9.17) is 28.4 Å². The molecule has 0 amide bonds. The molecule has 2 bridgehead atoms. The number of esters is 4. The van der Waals surface area contributed by atoms with Gasteiger partial charge in [0.25, 0.3) is 0 Å². The molecule has 0 saturated carbocycles. The molecule has 1 spiro atoms. The zero-order valence-electron chi connectivity index (χ0n) is 25.2. The Hall–Kier alpha value is -3.29. The molecule has 2 saturated heterocycles. The van der Waals surface area contributed by atoms with Gasteiger partial charge in [0.15, 0.2) is 29.8 Å². The van der Waals surface area contributed by atoms with Crippen molar-refractivity contribution in [2.45, 2.75) is 93.2 Å². The number of likely N-dealkylation sites (tertiary alicyclic amines) is 1. The Morgan fingerprint density at radius 1 is 0.977 bits per heavy atom. The molecule has 12 nitrogen and oxygen atoms in total. The molecule has 238 valence electrons. The second kappa shape index (κ2) is 11.6. The minimum absolute atomic E-state index is 0.0969. The van der Waals surface area contributed by atoms with E-state index in [-0.39, 0.29) is 41.1 Å². The van der Waals surface area contributed by atoms with Crippen LogP contribution in [0.1, 0.15) is 45.2 Å². The van der Waals surface area contributed by atoms with E-state index < -0.39 is 53.7 Å².